The van der Waals surface area contributed by atoms with Crippen LogP contribution in [0.1, 0.15) is 24.4 Å². The predicted molar refractivity (Wildman–Crippen MR) is 52.7 cm³/mol. The molecule has 0 radical (unpaired) electrons. The zero-order valence-electron chi connectivity index (χ0n) is 7.40. The van der Waals surface area contributed by atoms with E-state index in [1.54, 1.807) is 6.20 Å². The second-order valence-electron chi connectivity index (χ2n) is 3.61. The Hall–Kier alpha value is -1.29. The van der Waals surface area contributed by atoms with Gasteiger partial charge in [0.2, 0.25) is 0 Å². The summed E-state index contributed by atoms with van der Waals surface area (Å²) in [5.41, 5.74) is 18.6. The molecule has 0 aliphatic heterocycles. The minimum Gasteiger partial charge on any atom is -0.396 e. The van der Waals surface area contributed by atoms with Crippen molar-refractivity contribution in [2.45, 2.75) is 18.9 Å². The van der Waals surface area contributed by atoms with Crippen LogP contribution in [0.25, 0.3) is 0 Å². The van der Waals surface area contributed by atoms with Gasteiger partial charge in [-0.1, -0.05) is 0 Å². The molecule has 4 nitrogen and oxygen atoms in total. The smallest absolute Gasteiger partial charge is 0.146 e. The molecule has 1 unspecified atom stereocenters. The molecule has 0 bridgehead atoms. The van der Waals surface area contributed by atoms with Crippen LogP contribution in [0.2, 0.25) is 0 Å². The number of hydrogen-bond acceptors (Lipinski definition) is 4. The molecule has 1 aromatic rings. The zero-order valence-corrected chi connectivity index (χ0v) is 7.40. The number of nitrogens with two attached hydrogens (primary N) is 3. The van der Waals surface area contributed by atoms with Crippen LogP contribution >= 0.6 is 0 Å². The number of rotatable bonds is 2. The highest BCUT2D eigenvalue weighted by Gasteiger charge is 2.29. The molecule has 1 aliphatic rings. The minimum atomic E-state index is 0.0791. The molecule has 0 aromatic carbocycles. The zero-order chi connectivity index (χ0) is 9.42. The first-order valence-corrected chi connectivity index (χ1v) is 4.45. The van der Waals surface area contributed by atoms with E-state index in [1.807, 2.05) is 6.07 Å². The van der Waals surface area contributed by atoms with E-state index >= 15 is 0 Å². The van der Waals surface area contributed by atoms with E-state index in [4.69, 9.17) is 17.2 Å². The standard InChI is InChI=1S/C9H14N4/c10-7-3-6(4-13-9(7)12)8(11)5-1-2-5/h3-5,8H,1-2,10-11H2,(H2,12,13). The van der Waals surface area contributed by atoms with Crippen LogP contribution in [0, 0.1) is 5.92 Å². The van der Waals surface area contributed by atoms with Crippen LogP contribution in [-0.4, -0.2) is 4.98 Å². The molecule has 0 spiro atoms. The Bertz CT molecular complexity index is 319. The summed E-state index contributed by atoms with van der Waals surface area (Å²) < 4.78 is 0. The van der Waals surface area contributed by atoms with Crippen LogP contribution in [0.4, 0.5) is 11.5 Å². The van der Waals surface area contributed by atoms with Crippen LogP contribution in [0.5, 0.6) is 0 Å². The van der Waals surface area contributed by atoms with Crippen molar-refractivity contribution in [2.75, 3.05) is 11.5 Å². The number of hydrogen-bond donors (Lipinski definition) is 3. The lowest BCUT2D eigenvalue weighted by atomic mass is 10.1. The molecule has 1 fully saturated rings. The van der Waals surface area contributed by atoms with Gasteiger partial charge in [0.15, 0.2) is 0 Å². The topological polar surface area (TPSA) is 91.0 Å². The van der Waals surface area contributed by atoms with Crippen LogP contribution < -0.4 is 17.2 Å². The molecular weight excluding hydrogens is 164 g/mol. The van der Waals surface area contributed by atoms with E-state index in [0.717, 1.165) is 5.56 Å². The molecule has 6 N–H and O–H groups in total. The highest BCUT2D eigenvalue weighted by atomic mass is 14.9. The summed E-state index contributed by atoms with van der Waals surface area (Å²) in [6, 6.07) is 1.90. The Kier molecular flexibility index (Phi) is 1.84. The van der Waals surface area contributed by atoms with Gasteiger partial charge in [0.1, 0.15) is 5.82 Å². The quantitative estimate of drug-likeness (QED) is 0.620. The lowest BCUT2D eigenvalue weighted by Gasteiger charge is -2.11. The highest BCUT2D eigenvalue weighted by Crippen LogP contribution is 2.39. The lowest BCUT2D eigenvalue weighted by Crippen LogP contribution is -2.13. The molecule has 0 amide bonds. The fraction of sp³-hybridized carbons (Fsp3) is 0.444. The van der Waals surface area contributed by atoms with Crippen molar-refractivity contribution in [2.24, 2.45) is 11.7 Å². The molecule has 1 heterocycles. The molecule has 1 atom stereocenters. The van der Waals surface area contributed by atoms with Crippen molar-refractivity contribution in [3.63, 3.8) is 0 Å². The van der Waals surface area contributed by atoms with Crippen molar-refractivity contribution in [1.82, 2.24) is 4.98 Å². The van der Waals surface area contributed by atoms with E-state index in [2.05, 4.69) is 4.98 Å². The van der Waals surface area contributed by atoms with E-state index < -0.39 is 0 Å². The van der Waals surface area contributed by atoms with E-state index in [0.29, 0.717) is 17.4 Å². The third-order valence-electron chi connectivity index (χ3n) is 2.49. The maximum Gasteiger partial charge on any atom is 0.146 e. The van der Waals surface area contributed by atoms with Gasteiger partial charge in [-0.05, 0) is 30.4 Å². The average molecular weight is 178 g/mol. The van der Waals surface area contributed by atoms with Crippen molar-refractivity contribution in [3.05, 3.63) is 17.8 Å². The van der Waals surface area contributed by atoms with Gasteiger partial charge in [-0.2, -0.15) is 0 Å². The summed E-state index contributed by atoms with van der Waals surface area (Å²) in [4.78, 5) is 3.98. The molecule has 4 heteroatoms. The number of aromatic nitrogens is 1. The molecule has 1 aromatic heterocycles. The van der Waals surface area contributed by atoms with Gasteiger partial charge in [-0.25, -0.2) is 4.98 Å². The molecule has 1 saturated carbocycles. The molecule has 70 valence electrons. The van der Waals surface area contributed by atoms with Crippen molar-refractivity contribution >= 4 is 11.5 Å². The van der Waals surface area contributed by atoms with Gasteiger partial charge in [-0.15, -0.1) is 0 Å². The number of nitrogens with zero attached hydrogens (tertiary/aromatic N) is 1. The SMILES string of the molecule is Nc1cc(C(N)C2CC2)cnc1N. The van der Waals surface area contributed by atoms with Crippen molar-refractivity contribution in [1.29, 1.82) is 0 Å². The van der Waals surface area contributed by atoms with Gasteiger partial charge in [-0.3, -0.25) is 0 Å². The Morgan fingerprint density at radius 3 is 2.62 bits per heavy atom. The largest absolute Gasteiger partial charge is 0.396 e. The fourth-order valence-electron chi connectivity index (χ4n) is 1.42. The normalized spacial score (nSPS) is 18.5. The molecule has 2 rings (SSSR count). The summed E-state index contributed by atoms with van der Waals surface area (Å²) >= 11 is 0. The van der Waals surface area contributed by atoms with Gasteiger partial charge in [0.25, 0.3) is 0 Å². The van der Waals surface area contributed by atoms with Gasteiger partial charge < -0.3 is 17.2 Å². The van der Waals surface area contributed by atoms with Crippen LogP contribution in [0.3, 0.4) is 0 Å². The molecule has 1 aliphatic carbocycles. The monoisotopic (exact) mass is 178 g/mol. The van der Waals surface area contributed by atoms with Crippen molar-refractivity contribution < 1.29 is 0 Å². The Morgan fingerprint density at radius 2 is 2.08 bits per heavy atom. The third kappa shape index (κ3) is 1.58. The summed E-state index contributed by atoms with van der Waals surface area (Å²) in [7, 11) is 0. The summed E-state index contributed by atoms with van der Waals surface area (Å²) in [6.45, 7) is 0. The van der Waals surface area contributed by atoms with Crippen LogP contribution in [-0.2, 0) is 0 Å². The van der Waals surface area contributed by atoms with Gasteiger partial charge in [0.05, 0.1) is 5.69 Å². The Morgan fingerprint density at radius 1 is 1.38 bits per heavy atom. The second kappa shape index (κ2) is 2.88. The molecule has 13 heavy (non-hydrogen) atoms. The second-order valence-corrected chi connectivity index (χ2v) is 3.61. The minimum absolute atomic E-state index is 0.0791. The summed E-state index contributed by atoms with van der Waals surface area (Å²) in [5, 5.41) is 0. The lowest BCUT2D eigenvalue weighted by molar-refractivity contribution is 0.631. The first kappa shape index (κ1) is 8.31. The maximum absolute atomic E-state index is 5.98. The molecule has 0 saturated heterocycles. The van der Waals surface area contributed by atoms with E-state index in [1.165, 1.54) is 12.8 Å². The maximum atomic E-state index is 5.98. The Labute approximate surface area is 77.1 Å². The van der Waals surface area contributed by atoms with Gasteiger partial charge >= 0.3 is 0 Å². The van der Waals surface area contributed by atoms with E-state index in [9.17, 15) is 0 Å². The summed E-state index contributed by atoms with van der Waals surface area (Å²) in [5.74, 6) is 0.997. The van der Waals surface area contributed by atoms with Crippen LogP contribution in [0.15, 0.2) is 12.3 Å². The Balaban J connectivity index is 2.24. The number of pyridine rings is 1. The molecular formula is C9H14N4. The first-order valence-electron chi connectivity index (χ1n) is 4.45. The predicted octanol–water partition coefficient (Wildman–Crippen LogP) is 0.656. The fourth-order valence-corrected chi connectivity index (χ4v) is 1.42. The highest BCUT2D eigenvalue weighted by molar-refractivity contribution is 5.58. The third-order valence-corrected chi connectivity index (χ3v) is 2.49. The number of anilines is 2. The average Bonchev–Trinajstić information content (AvgIpc) is 2.91. The van der Waals surface area contributed by atoms with E-state index in [-0.39, 0.29) is 6.04 Å². The van der Waals surface area contributed by atoms with Crippen molar-refractivity contribution in [3.8, 4) is 0 Å². The number of nitrogen functional groups attached to an aromatic ring is 2. The first-order chi connectivity index (χ1) is 6.18. The van der Waals surface area contributed by atoms with Gasteiger partial charge in [0, 0.05) is 12.2 Å². The summed E-state index contributed by atoms with van der Waals surface area (Å²) in [6.07, 6.45) is 4.14.